The number of hydrogen-bond acceptors (Lipinski definition) is 1. The van der Waals surface area contributed by atoms with Crippen molar-refractivity contribution in [3.8, 4) is 0 Å². The molecular formula is C10H20O. The highest BCUT2D eigenvalue weighted by atomic mass is 16.5. The van der Waals surface area contributed by atoms with Crippen molar-refractivity contribution in [2.24, 2.45) is 17.8 Å². The van der Waals surface area contributed by atoms with Gasteiger partial charge in [-0.25, -0.2) is 0 Å². The van der Waals surface area contributed by atoms with E-state index >= 15 is 0 Å². The summed E-state index contributed by atoms with van der Waals surface area (Å²) in [5, 5.41) is 0. The first-order valence-electron chi connectivity index (χ1n) is 4.74. The number of hydrogen-bond donors (Lipinski definition) is 0. The molecule has 1 rings (SSSR count). The van der Waals surface area contributed by atoms with E-state index in [2.05, 4.69) is 27.7 Å². The molecule has 11 heavy (non-hydrogen) atoms. The van der Waals surface area contributed by atoms with Crippen LogP contribution in [0.4, 0.5) is 0 Å². The minimum atomic E-state index is 0.523. The highest BCUT2D eigenvalue weighted by Crippen LogP contribution is 2.31. The zero-order valence-corrected chi connectivity index (χ0v) is 8.13. The van der Waals surface area contributed by atoms with E-state index in [0.717, 1.165) is 18.4 Å². The third-order valence-corrected chi connectivity index (χ3v) is 2.70. The van der Waals surface area contributed by atoms with Crippen molar-refractivity contribution in [2.75, 3.05) is 6.61 Å². The molecule has 0 bridgehead atoms. The Morgan fingerprint density at radius 2 is 1.73 bits per heavy atom. The third kappa shape index (κ3) is 1.96. The van der Waals surface area contributed by atoms with Gasteiger partial charge in [-0.05, 0) is 24.2 Å². The zero-order valence-electron chi connectivity index (χ0n) is 8.13. The third-order valence-electron chi connectivity index (χ3n) is 2.70. The first-order chi connectivity index (χ1) is 5.13. The molecule has 0 aliphatic carbocycles. The van der Waals surface area contributed by atoms with Gasteiger partial charge in [0.25, 0.3) is 0 Å². The molecule has 1 aliphatic rings. The molecule has 0 saturated carbocycles. The fourth-order valence-electron chi connectivity index (χ4n) is 2.03. The highest BCUT2D eigenvalue weighted by molar-refractivity contribution is 4.80. The normalized spacial score (nSPS) is 32.2. The zero-order chi connectivity index (χ0) is 8.43. The summed E-state index contributed by atoms with van der Waals surface area (Å²) in [6.45, 7) is 10.1. The van der Waals surface area contributed by atoms with Crippen molar-refractivity contribution < 1.29 is 4.74 Å². The first kappa shape index (κ1) is 9.05. The lowest BCUT2D eigenvalue weighted by Crippen LogP contribution is -2.25. The Balaban J connectivity index is 2.51. The van der Waals surface area contributed by atoms with Gasteiger partial charge in [-0.15, -0.1) is 0 Å². The predicted octanol–water partition coefficient (Wildman–Crippen LogP) is 2.70. The van der Waals surface area contributed by atoms with Crippen molar-refractivity contribution in [3.05, 3.63) is 0 Å². The van der Waals surface area contributed by atoms with E-state index in [-0.39, 0.29) is 0 Å². The minimum Gasteiger partial charge on any atom is -0.378 e. The first-order valence-corrected chi connectivity index (χ1v) is 4.74. The molecule has 1 saturated heterocycles. The van der Waals surface area contributed by atoms with Crippen LogP contribution >= 0.6 is 0 Å². The summed E-state index contributed by atoms with van der Waals surface area (Å²) < 4.78 is 5.69. The molecule has 1 aliphatic heterocycles. The Hall–Kier alpha value is -0.0400. The second-order valence-corrected chi connectivity index (χ2v) is 4.28. The molecule has 0 amide bonds. The Bertz CT molecular complexity index is 104. The molecule has 1 fully saturated rings. The lowest BCUT2D eigenvalue weighted by Gasteiger charge is -2.24. The van der Waals surface area contributed by atoms with Gasteiger partial charge in [0.1, 0.15) is 0 Å². The summed E-state index contributed by atoms with van der Waals surface area (Å²) in [5.74, 6) is 2.27. The van der Waals surface area contributed by atoms with Gasteiger partial charge in [-0.3, -0.25) is 0 Å². The van der Waals surface area contributed by atoms with Gasteiger partial charge in [-0.2, -0.15) is 0 Å². The monoisotopic (exact) mass is 156 g/mol. The van der Waals surface area contributed by atoms with Crippen LogP contribution < -0.4 is 0 Å². The Labute approximate surface area is 70.1 Å². The summed E-state index contributed by atoms with van der Waals surface area (Å²) in [5.41, 5.74) is 0. The molecule has 0 aromatic carbocycles. The van der Waals surface area contributed by atoms with E-state index in [9.17, 15) is 0 Å². The molecule has 0 N–H and O–H groups in total. The maximum absolute atomic E-state index is 5.69. The van der Waals surface area contributed by atoms with Crippen LogP contribution in [0.25, 0.3) is 0 Å². The Morgan fingerprint density at radius 3 is 2.09 bits per heavy atom. The van der Waals surface area contributed by atoms with Crippen LogP contribution in [0.2, 0.25) is 0 Å². The summed E-state index contributed by atoms with van der Waals surface area (Å²) in [4.78, 5) is 0. The maximum Gasteiger partial charge on any atom is 0.0629 e. The van der Waals surface area contributed by atoms with Gasteiger partial charge in [0, 0.05) is 6.61 Å². The number of rotatable bonds is 2. The molecule has 1 heterocycles. The fraction of sp³-hybridized carbons (Fsp3) is 1.00. The van der Waals surface area contributed by atoms with E-state index in [1.165, 1.54) is 6.42 Å². The van der Waals surface area contributed by atoms with Crippen molar-refractivity contribution >= 4 is 0 Å². The minimum absolute atomic E-state index is 0.523. The molecule has 1 heteroatoms. The van der Waals surface area contributed by atoms with Crippen molar-refractivity contribution in [1.82, 2.24) is 0 Å². The second-order valence-electron chi connectivity index (χ2n) is 4.28. The summed E-state index contributed by atoms with van der Waals surface area (Å²) in [7, 11) is 0. The van der Waals surface area contributed by atoms with Gasteiger partial charge in [0.15, 0.2) is 0 Å². The van der Waals surface area contributed by atoms with E-state index in [1.54, 1.807) is 0 Å². The molecule has 0 aromatic rings. The molecule has 1 nitrogen and oxygen atoms in total. The molecule has 0 radical (unpaired) electrons. The van der Waals surface area contributed by atoms with Crippen LogP contribution in [-0.4, -0.2) is 12.7 Å². The van der Waals surface area contributed by atoms with Crippen LogP contribution in [0.1, 0.15) is 34.1 Å². The molecule has 2 atom stereocenters. The summed E-state index contributed by atoms with van der Waals surface area (Å²) in [6, 6.07) is 0. The van der Waals surface area contributed by atoms with E-state index in [1.807, 2.05) is 0 Å². The highest BCUT2D eigenvalue weighted by Gasteiger charge is 2.32. The van der Waals surface area contributed by atoms with Crippen molar-refractivity contribution in [1.29, 1.82) is 0 Å². The smallest absolute Gasteiger partial charge is 0.0629 e. The standard InChI is InChI=1S/C10H20O/c1-7(2)9-5-6-11-10(9)8(3)4/h7-10H,5-6H2,1-4H3. The summed E-state index contributed by atoms with van der Waals surface area (Å²) >= 11 is 0. The average molecular weight is 156 g/mol. The molecule has 0 aromatic heterocycles. The molecule has 66 valence electrons. The lowest BCUT2D eigenvalue weighted by molar-refractivity contribution is 0.0435. The van der Waals surface area contributed by atoms with Gasteiger partial charge in [0.05, 0.1) is 6.10 Å². The van der Waals surface area contributed by atoms with Gasteiger partial charge >= 0.3 is 0 Å². The van der Waals surface area contributed by atoms with Crippen LogP contribution in [0.3, 0.4) is 0 Å². The molecular weight excluding hydrogens is 136 g/mol. The Kier molecular flexibility index (Phi) is 2.94. The molecule has 0 spiro atoms. The van der Waals surface area contributed by atoms with Gasteiger partial charge in [0.2, 0.25) is 0 Å². The number of ether oxygens (including phenoxy) is 1. The SMILES string of the molecule is CC(C)C1CCOC1C(C)C. The van der Waals surface area contributed by atoms with Crippen LogP contribution in [-0.2, 0) is 4.74 Å². The van der Waals surface area contributed by atoms with Crippen molar-refractivity contribution in [2.45, 2.75) is 40.2 Å². The Morgan fingerprint density at radius 1 is 1.09 bits per heavy atom. The lowest BCUT2D eigenvalue weighted by atomic mass is 9.84. The summed E-state index contributed by atoms with van der Waals surface area (Å²) in [6.07, 6.45) is 1.79. The maximum atomic E-state index is 5.69. The fourth-order valence-corrected chi connectivity index (χ4v) is 2.03. The van der Waals surface area contributed by atoms with E-state index < -0.39 is 0 Å². The van der Waals surface area contributed by atoms with Crippen LogP contribution in [0.15, 0.2) is 0 Å². The molecule has 2 unspecified atom stereocenters. The largest absolute Gasteiger partial charge is 0.378 e. The predicted molar refractivity (Wildman–Crippen MR) is 47.5 cm³/mol. The quantitative estimate of drug-likeness (QED) is 0.597. The van der Waals surface area contributed by atoms with Crippen LogP contribution in [0, 0.1) is 17.8 Å². The van der Waals surface area contributed by atoms with E-state index in [0.29, 0.717) is 12.0 Å². The van der Waals surface area contributed by atoms with E-state index in [4.69, 9.17) is 4.74 Å². The second kappa shape index (κ2) is 3.57. The average Bonchev–Trinajstić information content (AvgIpc) is 2.32. The van der Waals surface area contributed by atoms with Gasteiger partial charge < -0.3 is 4.74 Å². The topological polar surface area (TPSA) is 9.23 Å². The van der Waals surface area contributed by atoms with Gasteiger partial charge in [-0.1, -0.05) is 27.7 Å². The van der Waals surface area contributed by atoms with Crippen LogP contribution in [0.5, 0.6) is 0 Å². The van der Waals surface area contributed by atoms with Crippen molar-refractivity contribution in [3.63, 3.8) is 0 Å².